The summed E-state index contributed by atoms with van der Waals surface area (Å²) in [7, 11) is 0. The summed E-state index contributed by atoms with van der Waals surface area (Å²) in [6.45, 7) is 6.29. The molecule has 1 aliphatic rings. The van der Waals surface area contributed by atoms with Crippen LogP contribution in [0.3, 0.4) is 0 Å². The lowest BCUT2D eigenvalue weighted by Gasteiger charge is -2.22. The molecule has 2 aromatic heterocycles. The predicted molar refractivity (Wildman–Crippen MR) is 104 cm³/mol. The van der Waals surface area contributed by atoms with Gasteiger partial charge in [0.25, 0.3) is 5.91 Å². The summed E-state index contributed by atoms with van der Waals surface area (Å²) in [6, 6.07) is 11.9. The van der Waals surface area contributed by atoms with Crippen LogP contribution in [0.2, 0.25) is 0 Å². The number of aromatic nitrogens is 2. The molecule has 1 aliphatic heterocycles. The number of rotatable bonds is 3. The second kappa shape index (κ2) is 7.51. The van der Waals surface area contributed by atoms with Crippen molar-refractivity contribution in [3.63, 3.8) is 0 Å². The molecular formula is C20H22N4OS. The number of nitrogens with zero attached hydrogens (tertiary/aromatic N) is 4. The first-order valence-corrected chi connectivity index (χ1v) is 9.84. The number of hydrogen-bond acceptors (Lipinski definition) is 5. The molecule has 3 heterocycles. The van der Waals surface area contributed by atoms with E-state index in [2.05, 4.69) is 27.0 Å². The molecule has 1 saturated heterocycles. The second-order valence-electron chi connectivity index (χ2n) is 6.73. The lowest BCUT2D eigenvalue weighted by Crippen LogP contribution is -2.35. The number of hydrogen-bond donors (Lipinski definition) is 0. The Morgan fingerprint density at radius 3 is 2.96 bits per heavy atom. The van der Waals surface area contributed by atoms with Crippen molar-refractivity contribution in [3.8, 4) is 0 Å². The largest absolute Gasteiger partial charge is 0.337 e. The van der Waals surface area contributed by atoms with E-state index < -0.39 is 0 Å². The lowest BCUT2D eigenvalue weighted by atomic mass is 10.2. The molecule has 1 aromatic carbocycles. The molecule has 3 aromatic rings. The van der Waals surface area contributed by atoms with Gasteiger partial charge < -0.3 is 4.90 Å². The number of amides is 1. The van der Waals surface area contributed by atoms with E-state index >= 15 is 0 Å². The third kappa shape index (κ3) is 3.76. The highest BCUT2D eigenvalue weighted by molar-refractivity contribution is 7.16. The number of aryl methyl sites for hydroxylation is 1. The highest BCUT2D eigenvalue weighted by atomic mass is 32.1. The smallest absolute Gasteiger partial charge is 0.253 e. The van der Waals surface area contributed by atoms with Gasteiger partial charge in [-0.2, -0.15) is 0 Å². The Hall–Kier alpha value is -2.31. The minimum Gasteiger partial charge on any atom is -0.337 e. The van der Waals surface area contributed by atoms with Crippen LogP contribution in [0.4, 0.5) is 0 Å². The van der Waals surface area contributed by atoms with Crippen LogP contribution in [-0.2, 0) is 6.54 Å². The number of fused-ring (bicyclic) bond motifs is 1. The quantitative estimate of drug-likeness (QED) is 0.713. The fourth-order valence-corrected chi connectivity index (χ4v) is 4.14. The van der Waals surface area contributed by atoms with E-state index in [1.165, 1.54) is 0 Å². The fourth-order valence-electron chi connectivity index (χ4n) is 3.42. The summed E-state index contributed by atoms with van der Waals surface area (Å²) < 4.78 is 1.07. The van der Waals surface area contributed by atoms with Crippen molar-refractivity contribution in [1.29, 1.82) is 0 Å². The molecule has 0 saturated carbocycles. The molecule has 0 N–H and O–H groups in total. The molecule has 1 amide bonds. The van der Waals surface area contributed by atoms with Crippen molar-refractivity contribution in [1.82, 2.24) is 19.8 Å². The highest BCUT2D eigenvalue weighted by Gasteiger charge is 2.21. The van der Waals surface area contributed by atoms with Crippen LogP contribution >= 0.6 is 11.3 Å². The fraction of sp³-hybridized carbons (Fsp3) is 0.350. The molecule has 0 atom stereocenters. The van der Waals surface area contributed by atoms with E-state index in [0.29, 0.717) is 0 Å². The monoisotopic (exact) mass is 366 g/mol. The highest BCUT2D eigenvalue weighted by Crippen LogP contribution is 2.20. The van der Waals surface area contributed by atoms with E-state index in [9.17, 15) is 4.79 Å². The average molecular weight is 366 g/mol. The van der Waals surface area contributed by atoms with E-state index in [4.69, 9.17) is 0 Å². The first-order valence-electron chi connectivity index (χ1n) is 8.96. The Bertz CT molecular complexity index is 923. The van der Waals surface area contributed by atoms with Crippen molar-refractivity contribution in [3.05, 3.63) is 58.9 Å². The predicted octanol–water partition coefficient (Wildman–Crippen LogP) is 3.35. The normalized spacial score (nSPS) is 16.0. The molecule has 0 bridgehead atoms. The van der Waals surface area contributed by atoms with Gasteiger partial charge in [-0.1, -0.05) is 6.07 Å². The molecule has 6 heteroatoms. The van der Waals surface area contributed by atoms with Gasteiger partial charge in [-0.05, 0) is 43.7 Å². The zero-order chi connectivity index (χ0) is 17.9. The first kappa shape index (κ1) is 17.1. The summed E-state index contributed by atoms with van der Waals surface area (Å²) in [4.78, 5) is 26.2. The molecule has 134 valence electrons. The van der Waals surface area contributed by atoms with E-state index in [1.807, 2.05) is 41.6 Å². The molecule has 4 rings (SSSR count). The van der Waals surface area contributed by atoms with E-state index in [1.54, 1.807) is 11.3 Å². The zero-order valence-electron chi connectivity index (χ0n) is 14.9. The van der Waals surface area contributed by atoms with Crippen LogP contribution in [0, 0.1) is 6.92 Å². The summed E-state index contributed by atoms with van der Waals surface area (Å²) in [5, 5.41) is 0. The Morgan fingerprint density at radius 1 is 1.15 bits per heavy atom. The minimum absolute atomic E-state index is 0.121. The average Bonchev–Trinajstić information content (AvgIpc) is 2.99. The maximum Gasteiger partial charge on any atom is 0.253 e. The van der Waals surface area contributed by atoms with Gasteiger partial charge >= 0.3 is 0 Å². The Morgan fingerprint density at radius 2 is 2.08 bits per heavy atom. The Kier molecular flexibility index (Phi) is 4.95. The molecule has 1 fully saturated rings. The van der Waals surface area contributed by atoms with E-state index in [0.717, 1.165) is 66.3 Å². The Balaban J connectivity index is 1.41. The number of carbonyl (C=O) groups excluding carboxylic acids is 1. The third-order valence-electron chi connectivity index (χ3n) is 4.79. The topological polar surface area (TPSA) is 49.3 Å². The molecule has 0 aliphatic carbocycles. The van der Waals surface area contributed by atoms with Gasteiger partial charge in [0, 0.05) is 44.0 Å². The van der Waals surface area contributed by atoms with Crippen molar-refractivity contribution in [2.24, 2.45) is 0 Å². The van der Waals surface area contributed by atoms with Crippen LogP contribution in [0.25, 0.3) is 10.2 Å². The molecule has 0 radical (unpaired) electrons. The minimum atomic E-state index is 0.121. The SMILES string of the molecule is Cc1cccc(CN2CCCN(C(=O)c3ccc4ncsc4c3)CC2)n1. The Labute approximate surface area is 157 Å². The molecule has 26 heavy (non-hydrogen) atoms. The summed E-state index contributed by atoms with van der Waals surface area (Å²) in [5.74, 6) is 0.121. The van der Waals surface area contributed by atoms with Gasteiger partial charge in [-0.15, -0.1) is 11.3 Å². The molecule has 0 unspecified atom stereocenters. The second-order valence-corrected chi connectivity index (χ2v) is 7.61. The molecular weight excluding hydrogens is 344 g/mol. The number of carbonyl (C=O) groups is 1. The van der Waals surface area contributed by atoms with Gasteiger partial charge in [0.1, 0.15) is 0 Å². The molecule has 0 spiro atoms. The van der Waals surface area contributed by atoms with Gasteiger partial charge in [0.05, 0.1) is 21.4 Å². The van der Waals surface area contributed by atoms with Crippen LogP contribution in [-0.4, -0.2) is 51.9 Å². The summed E-state index contributed by atoms with van der Waals surface area (Å²) in [6.07, 6.45) is 0.986. The first-order chi connectivity index (χ1) is 12.7. The van der Waals surface area contributed by atoms with Crippen molar-refractivity contribution >= 4 is 27.5 Å². The number of benzene rings is 1. The van der Waals surface area contributed by atoms with Crippen molar-refractivity contribution in [2.75, 3.05) is 26.2 Å². The molecule has 5 nitrogen and oxygen atoms in total. The lowest BCUT2D eigenvalue weighted by molar-refractivity contribution is 0.0761. The van der Waals surface area contributed by atoms with Crippen LogP contribution < -0.4 is 0 Å². The van der Waals surface area contributed by atoms with E-state index in [-0.39, 0.29) is 5.91 Å². The van der Waals surface area contributed by atoms with Crippen LogP contribution in [0.1, 0.15) is 28.2 Å². The van der Waals surface area contributed by atoms with Gasteiger partial charge in [-0.25, -0.2) is 4.98 Å². The maximum atomic E-state index is 12.9. The number of thiazole rings is 1. The summed E-state index contributed by atoms with van der Waals surface area (Å²) in [5.41, 5.74) is 5.69. The standard InChI is InChI=1S/C20H22N4OS/c1-15-4-2-5-17(22-15)13-23-8-3-9-24(11-10-23)20(25)16-6-7-18-19(12-16)26-14-21-18/h2,4-7,12,14H,3,8-11,13H2,1H3. The summed E-state index contributed by atoms with van der Waals surface area (Å²) >= 11 is 1.58. The van der Waals surface area contributed by atoms with Crippen LogP contribution in [0.15, 0.2) is 41.9 Å². The van der Waals surface area contributed by atoms with Crippen molar-refractivity contribution in [2.45, 2.75) is 19.9 Å². The van der Waals surface area contributed by atoms with Crippen molar-refractivity contribution < 1.29 is 4.79 Å². The number of pyridine rings is 1. The zero-order valence-corrected chi connectivity index (χ0v) is 15.7. The van der Waals surface area contributed by atoms with Crippen LogP contribution in [0.5, 0.6) is 0 Å². The van der Waals surface area contributed by atoms with Gasteiger partial charge in [0.15, 0.2) is 0 Å². The maximum absolute atomic E-state index is 12.9. The van der Waals surface area contributed by atoms with Gasteiger partial charge in [-0.3, -0.25) is 14.7 Å². The third-order valence-corrected chi connectivity index (χ3v) is 5.58. The van der Waals surface area contributed by atoms with Gasteiger partial charge in [0.2, 0.25) is 0 Å².